The van der Waals surface area contributed by atoms with Crippen molar-refractivity contribution >= 4 is 44.1 Å². The largest absolute Gasteiger partial charge is 0.573 e. The fourth-order valence-electron chi connectivity index (χ4n) is 12.7. The van der Waals surface area contributed by atoms with E-state index in [4.69, 9.17) is 4.74 Å². The highest BCUT2D eigenvalue weighted by Crippen LogP contribution is 2.78. The minimum atomic E-state index is -4.85. The molecule has 1 aromatic heterocycles. The smallest absolute Gasteiger partial charge is 0.410 e. The predicted octanol–water partition coefficient (Wildman–Crippen LogP) is 11.4. The van der Waals surface area contributed by atoms with Crippen molar-refractivity contribution in [1.29, 1.82) is 0 Å². The first-order valence-electron chi connectivity index (χ1n) is 21.2. The van der Waals surface area contributed by atoms with Gasteiger partial charge < -0.3 is 24.6 Å². The summed E-state index contributed by atoms with van der Waals surface area (Å²) in [5.74, 6) is -0.140. The van der Waals surface area contributed by atoms with Crippen molar-refractivity contribution < 1.29 is 42.4 Å². The van der Waals surface area contributed by atoms with Gasteiger partial charge in [-0.25, -0.2) is 4.79 Å². The molecule has 6 aliphatic rings. The third kappa shape index (κ3) is 6.28. The zero-order valence-corrected chi connectivity index (χ0v) is 34.9. The molecule has 1 unspecified atom stereocenters. The molecule has 3 saturated carbocycles. The van der Waals surface area contributed by atoms with E-state index < -0.39 is 40.4 Å². The van der Waals surface area contributed by atoms with Gasteiger partial charge >= 0.3 is 12.5 Å². The number of ether oxygens (including phenoxy) is 2. The zero-order valence-electron chi connectivity index (χ0n) is 34.1. The number of allylic oxidation sites excluding steroid dienone is 4. The van der Waals surface area contributed by atoms with Crippen LogP contribution in [0.4, 0.5) is 18.0 Å². The summed E-state index contributed by atoms with van der Waals surface area (Å²) in [6, 6.07) is 28.4. The lowest BCUT2D eigenvalue weighted by atomic mass is 9.32. The zero-order chi connectivity index (χ0) is 42.6. The van der Waals surface area contributed by atoms with Crippen LogP contribution in [0.5, 0.6) is 11.5 Å². The molecule has 61 heavy (non-hydrogen) atoms. The minimum Gasteiger partial charge on any atom is -0.410 e. The number of hydrogen-bond donors (Lipinski definition) is 2. The van der Waals surface area contributed by atoms with E-state index in [0.717, 1.165) is 39.3 Å². The maximum atomic E-state index is 15.2. The van der Waals surface area contributed by atoms with Crippen molar-refractivity contribution in [2.45, 2.75) is 83.4 Å². The van der Waals surface area contributed by atoms with E-state index in [2.05, 4.69) is 36.8 Å². The Morgan fingerprint density at radius 1 is 0.803 bits per heavy atom. The van der Waals surface area contributed by atoms with Crippen LogP contribution in [0.15, 0.2) is 121 Å². The minimum absolute atomic E-state index is 0.00438. The number of nitrogens with zero attached hydrogens (tertiary/aromatic N) is 1. The molecule has 3 fully saturated rings. The fraction of sp³-hybridized carbons (Fsp3) is 0.400. The lowest BCUT2D eigenvalue weighted by Gasteiger charge is -2.71. The normalized spacial score (nSPS) is 32.5. The van der Waals surface area contributed by atoms with Gasteiger partial charge in [-0.2, -0.15) is 0 Å². The number of ketones is 1. The standard InChI is InChI=1S/C50H48F3NO6S/c1-45-20-17-35(55)27-47(45)23-24-49(38(28-47)43(56)40-26-34-9-5-6-10-39(34)61-40)41(45)18-21-46(2)42(49)19-22-48(46,58)30-54(29-31-11-14-36(15-12-31)60-50(51,52)53)44(57)59-37-16-13-32-7-3-4-8-33(32)25-37/h3-16,23-26,28,35,41-42,55,58H,17-22,27,29-30H2,1-2H3/t35?,41-,42-,45-,46+,47+,48-,49-/m1/s1. The number of Topliss-reactive ketones (excluding diaryl/α,β-unsaturated/α-hetero) is 1. The van der Waals surface area contributed by atoms with Crippen molar-refractivity contribution in [2.75, 3.05) is 6.54 Å². The van der Waals surface area contributed by atoms with Crippen LogP contribution in [0, 0.1) is 33.5 Å². The summed E-state index contributed by atoms with van der Waals surface area (Å²) in [4.78, 5) is 31.7. The number of benzene rings is 4. The average Bonchev–Trinajstić information content (AvgIpc) is 3.78. The predicted molar refractivity (Wildman–Crippen MR) is 228 cm³/mol. The fourth-order valence-corrected chi connectivity index (χ4v) is 13.8. The highest BCUT2D eigenvalue weighted by Gasteiger charge is 2.74. The summed E-state index contributed by atoms with van der Waals surface area (Å²) < 4.78 is 50.2. The van der Waals surface area contributed by atoms with Crippen molar-refractivity contribution in [2.24, 2.45) is 33.5 Å². The van der Waals surface area contributed by atoms with Crippen LogP contribution in [-0.4, -0.2) is 51.6 Å². The van der Waals surface area contributed by atoms with Crippen LogP contribution in [0.2, 0.25) is 0 Å². The molecule has 1 heterocycles. The summed E-state index contributed by atoms with van der Waals surface area (Å²) in [6.45, 7) is 4.31. The number of amides is 1. The van der Waals surface area contributed by atoms with E-state index in [0.29, 0.717) is 48.3 Å². The number of hydrogen-bond acceptors (Lipinski definition) is 7. The molecule has 316 valence electrons. The second-order valence-corrected chi connectivity index (χ2v) is 19.8. The maximum Gasteiger partial charge on any atom is 0.573 e. The molecule has 4 aromatic carbocycles. The lowest BCUT2D eigenvalue weighted by Crippen LogP contribution is -2.67. The molecule has 2 N–H and O–H groups in total. The lowest BCUT2D eigenvalue weighted by molar-refractivity contribution is -0.274. The number of fused-ring (bicyclic) bond motifs is 3. The molecular formula is C50H48F3NO6S. The number of alkyl halides is 3. The monoisotopic (exact) mass is 847 g/mol. The summed E-state index contributed by atoms with van der Waals surface area (Å²) in [6.07, 6.45) is 5.17. The van der Waals surface area contributed by atoms with Crippen LogP contribution in [0.25, 0.3) is 20.9 Å². The van der Waals surface area contributed by atoms with Gasteiger partial charge in [0, 0.05) is 33.1 Å². The molecule has 2 bridgehead atoms. The van der Waals surface area contributed by atoms with Gasteiger partial charge in [0.05, 0.1) is 23.1 Å². The van der Waals surface area contributed by atoms with Crippen LogP contribution in [0.1, 0.15) is 74.0 Å². The van der Waals surface area contributed by atoms with Gasteiger partial charge in [-0.15, -0.1) is 24.5 Å². The molecule has 5 aromatic rings. The number of aliphatic hydroxyl groups is 2. The first-order chi connectivity index (χ1) is 29.0. The van der Waals surface area contributed by atoms with Crippen LogP contribution in [0.3, 0.4) is 0 Å². The first kappa shape index (κ1) is 40.1. The van der Waals surface area contributed by atoms with Crippen LogP contribution >= 0.6 is 11.3 Å². The summed E-state index contributed by atoms with van der Waals surface area (Å²) in [7, 11) is 0. The number of aliphatic hydroxyl groups excluding tert-OH is 1. The van der Waals surface area contributed by atoms with Gasteiger partial charge in [-0.3, -0.25) is 4.79 Å². The van der Waals surface area contributed by atoms with E-state index in [1.54, 1.807) is 12.1 Å². The number of carbonyl (C=O) groups is 2. The topological polar surface area (TPSA) is 96.3 Å². The van der Waals surface area contributed by atoms with Gasteiger partial charge in [-0.05, 0) is 120 Å². The highest BCUT2D eigenvalue weighted by atomic mass is 32.1. The Balaban J connectivity index is 1.02. The van der Waals surface area contributed by atoms with E-state index in [9.17, 15) is 28.2 Å². The molecule has 8 atom stereocenters. The maximum absolute atomic E-state index is 15.2. The Morgan fingerprint density at radius 3 is 2.23 bits per heavy atom. The molecule has 2 spiro atoms. The Morgan fingerprint density at radius 2 is 1.48 bits per heavy atom. The summed E-state index contributed by atoms with van der Waals surface area (Å²) in [5, 5.41) is 27.2. The number of carbonyl (C=O) groups excluding carboxylic acids is 2. The average molecular weight is 848 g/mol. The van der Waals surface area contributed by atoms with E-state index >= 15 is 4.79 Å². The third-order valence-corrected chi connectivity index (χ3v) is 16.9. The van der Waals surface area contributed by atoms with E-state index in [1.807, 2.05) is 60.7 Å². The Labute approximate surface area is 356 Å². The Bertz CT molecular complexity index is 2610. The molecule has 0 radical (unpaired) electrons. The molecule has 1 amide bonds. The summed E-state index contributed by atoms with van der Waals surface area (Å²) in [5.41, 5.74) is -2.30. The van der Waals surface area contributed by atoms with Gasteiger partial charge in [0.25, 0.3) is 0 Å². The first-order valence-corrected chi connectivity index (χ1v) is 22.0. The number of thiophene rings is 1. The SMILES string of the molecule is C[C@]12CC[C@H]3[C@]4(C=C[C@@]5(C=C4C(=O)c4cc6ccccc6s4)CC(O)CC[C@]35C)[C@@H]1CC[C@@]2(O)CN(Cc1ccc(OC(F)(F)F)cc1)C(=O)Oc1ccc2ccccc2c1. The molecule has 0 aliphatic heterocycles. The Kier molecular flexibility index (Phi) is 9.22. The van der Waals surface area contributed by atoms with Crippen molar-refractivity contribution in [3.05, 3.63) is 131 Å². The van der Waals surface area contributed by atoms with E-state index in [-0.39, 0.29) is 41.9 Å². The second kappa shape index (κ2) is 14.0. The second-order valence-electron chi connectivity index (χ2n) is 18.7. The van der Waals surface area contributed by atoms with Crippen molar-refractivity contribution in [3.8, 4) is 11.5 Å². The molecular weight excluding hydrogens is 800 g/mol. The van der Waals surface area contributed by atoms with Crippen LogP contribution < -0.4 is 9.47 Å². The summed E-state index contributed by atoms with van der Waals surface area (Å²) >= 11 is 1.50. The van der Waals surface area contributed by atoms with Crippen molar-refractivity contribution in [3.63, 3.8) is 0 Å². The number of halogens is 3. The third-order valence-electron chi connectivity index (χ3n) is 15.8. The molecule has 7 nitrogen and oxygen atoms in total. The highest BCUT2D eigenvalue weighted by molar-refractivity contribution is 7.21. The quantitative estimate of drug-likeness (QED) is 0.119. The molecule has 11 rings (SSSR count). The van der Waals surface area contributed by atoms with E-state index in [1.165, 1.54) is 40.5 Å². The van der Waals surface area contributed by atoms with Crippen molar-refractivity contribution in [1.82, 2.24) is 4.90 Å². The van der Waals surface area contributed by atoms with Crippen LogP contribution in [-0.2, 0) is 6.54 Å². The molecule has 11 heteroatoms. The number of rotatable bonds is 8. The van der Waals surface area contributed by atoms with Gasteiger partial charge in [0.1, 0.15) is 11.5 Å². The van der Waals surface area contributed by atoms with Gasteiger partial charge in [0.15, 0.2) is 5.78 Å². The van der Waals surface area contributed by atoms with Gasteiger partial charge in [0.2, 0.25) is 0 Å². The molecule has 6 aliphatic carbocycles. The Hall–Kier alpha value is -4.97. The molecule has 0 saturated heterocycles. The van der Waals surface area contributed by atoms with Gasteiger partial charge in [-0.1, -0.05) is 92.7 Å².